The molecule has 2 amide bonds. The summed E-state index contributed by atoms with van der Waals surface area (Å²) in [6.45, 7) is 5.26. The Hall–Kier alpha value is -3.21. The molecule has 0 aliphatic carbocycles. The van der Waals surface area contributed by atoms with Gasteiger partial charge in [-0.25, -0.2) is 0 Å². The van der Waals surface area contributed by atoms with Gasteiger partial charge in [-0.2, -0.15) is 0 Å². The van der Waals surface area contributed by atoms with Crippen LogP contribution in [0, 0.1) is 0 Å². The second kappa shape index (κ2) is 8.45. The van der Waals surface area contributed by atoms with Gasteiger partial charge in [-0.3, -0.25) is 14.6 Å². The van der Waals surface area contributed by atoms with Crippen LogP contribution in [0.3, 0.4) is 0 Å². The predicted molar refractivity (Wildman–Crippen MR) is 108 cm³/mol. The summed E-state index contributed by atoms with van der Waals surface area (Å²) in [4.78, 5) is 30.9. The van der Waals surface area contributed by atoms with Crippen LogP contribution in [-0.4, -0.2) is 34.8 Å². The van der Waals surface area contributed by atoms with E-state index in [-0.39, 0.29) is 18.2 Å². The number of anilines is 1. The lowest BCUT2D eigenvalue weighted by Crippen LogP contribution is -2.30. The van der Waals surface area contributed by atoms with Gasteiger partial charge in [-0.15, -0.1) is 0 Å². The van der Waals surface area contributed by atoms with Gasteiger partial charge < -0.3 is 10.2 Å². The fraction of sp³-hybridized carbons (Fsp3) is 0.227. The molecule has 0 aliphatic heterocycles. The number of nitrogens with zero attached hydrogens (tertiary/aromatic N) is 2. The molecule has 1 N–H and O–H groups in total. The Labute approximate surface area is 159 Å². The van der Waals surface area contributed by atoms with Crippen LogP contribution in [0.2, 0.25) is 0 Å². The molecule has 0 bridgehead atoms. The van der Waals surface area contributed by atoms with Crippen LogP contribution >= 0.6 is 0 Å². The molecule has 0 saturated heterocycles. The van der Waals surface area contributed by atoms with Crippen LogP contribution in [0.25, 0.3) is 10.9 Å². The van der Waals surface area contributed by atoms with Crippen LogP contribution in [0.5, 0.6) is 0 Å². The Kier molecular flexibility index (Phi) is 5.81. The average Bonchev–Trinajstić information content (AvgIpc) is 2.69. The van der Waals surface area contributed by atoms with Gasteiger partial charge in [0.05, 0.1) is 11.9 Å². The maximum absolute atomic E-state index is 12.4. The van der Waals surface area contributed by atoms with Crippen molar-refractivity contribution < 1.29 is 9.59 Å². The number of para-hydroxylation sites is 1. The Bertz CT molecular complexity index is 942. The average molecular weight is 361 g/mol. The van der Waals surface area contributed by atoms with Gasteiger partial charge in [0.2, 0.25) is 5.91 Å². The molecule has 0 unspecified atom stereocenters. The van der Waals surface area contributed by atoms with Crippen molar-refractivity contribution in [1.29, 1.82) is 0 Å². The fourth-order valence-electron chi connectivity index (χ4n) is 3.08. The highest BCUT2D eigenvalue weighted by Gasteiger charge is 2.13. The van der Waals surface area contributed by atoms with E-state index in [1.807, 2.05) is 44.2 Å². The van der Waals surface area contributed by atoms with E-state index < -0.39 is 0 Å². The van der Waals surface area contributed by atoms with Crippen LogP contribution in [0.4, 0.5) is 5.69 Å². The fourth-order valence-corrected chi connectivity index (χ4v) is 3.08. The monoisotopic (exact) mass is 361 g/mol. The predicted octanol–water partition coefficient (Wildman–Crippen LogP) is 3.90. The summed E-state index contributed by atoms with van der Waals surface area (Å²) >= 11 is 0. The van der Waals surface area contributed by atoms with Gasteiger partial charge in [-0.1, -0.05) is 24.3 Å². The Morgan fingerprint density at radius 2 is 1.67 bits per heavy atom. The first-order chi connectivity index (χ1) is 13.1. The molecule has 0 spiro atoms. The van der Waals surface area contributed by atoms with Gasteiger partial charge in [0, 0.05) is 35.9 Å². The van der Waals surface area contributed by atoms with Crippen molar-refractivity contribution in [2.75, 3.05) is 18.4 Å². The summed E-state index contributed by atoms with van der Waals surface area (Å²) in [5, 5.41) is 3.90. The number of nitrogens with one attached hydrogen (secondary N) is 1. The first-order valence-corrected chi connectivity index (χ1v) is 9.14. The summed E-state index contributed by atoms with van der Waals surface area (Å²) in [6.07, 6.45) is 1.98. The Balaban J connectivity index is 1.68. The zero-order chi connectivity index (χ0) is 19.2. The smallest absolute Gasteiger partial charge is 0.253 e. The minimum absolute atomic E-state index is 0.000272. The van der Waals surface area contributed by atoms with E-state index in [0.717, 1.165) is 16.5 Å². The van der Waals surface area contributed by atoms with E-state index in [4.69, 9.17) is 0 Å². The van der Waals surface area contributed by atoms with Crippen LogP contribution in [0.15, 0.2) is 60.8 Å². The lowest BCUT2D eigenvalue weighted by molar-refractivity contribution is -0.115. The van der Waals surface area contributed by atoms with Gasteiger partial charge >= 0.3 is 0 Å². The highest BCUT2D eigenvalue weighted by atomic mass is 16.2. The first-order valence-electron chi connectivity index (χ1n) is 9.14. The number of fused-ring (bicyclic) bond motifs is 1. The molecular weight excluding hydrogens is 338 g/mol. The maximum atomic E-state index is 12.4. The molecule has 2 aromatic carbocycles. The van der Waals surface area contributed by atoms with Gasteiger partial charge in [0.1, 0.15) is 0 Å². The number of pyridine rings is 1. The third-order valence-corrected chi connectivity index (χ3v) is 4.53. The van der Waals surface area contributed by atoms with Crippen molar-refractivity contribution in [3.8, 4) is 0 Å². The van der Waals surface area contributed by atoms with E-state index in [2.05, 4.69) is 10.3 Å². The lowest BCUT2D eigenvalue weighted by Gasteiger charge is -2.18. The normalized spacial score (nSPS) is 10.6. The van der Waals surface area contributed by atoms with E-state index in [1.165, 1.54) is 0 Å². The third kappa shape index (κ3) is 4.31. The van der Waals surface area contributed by atoms with E-state index in [9.17, 15) is 9.59 Å². The van der Waals surface area contributed by atoms with Crippen molar-refractivity contribution in [2.45, 2.75) is 20.3 Å². The van der Waals surface area contributed by atoms with Crippen LogP contribution in [-0.2, 0) is 11.2 Å². The van der Waals surface area contributed by atoms with Crippen molar-refractivity contribution >= 4 is 28.4 Å². The van der Waals surface area contributed by atoms with E-state index >= 15 is 0 Å². The molecule has 5 nitrogen and oxygen atoms in total. The van der Waals surface area contributed by atoms with E-state index in [0.29, 0.717) is 24.3 Å². The molecule has 0 radical (unpaired) electrons. The molecular formula is C22H23N3O2. The minimum Gasteiger partial charge on any atom is -0.339 e. The third-order valence-electron chi connectivity index (χ3n) is 4.53. The largest absolute Gasteiger partial charge is 0.339 e. The Morgan fingerprint density at radius 3 is 2.37 bits per heavy atom. The molecule has 0 atom stereocenters. The lowest BCUT2D eigenvalue weighted by atomic mass is 10.1. The molecule has 0 saturated carbocycles. The summed E-state index contributed by atoms with van der Waals surface area (Å²) < 4.78 is 0. The topological polar surface area (TPSA) is 62.3 Å². The standard InChI is InChI=1S/C22H23N3O2/c1-3-25(4-2)22(27)17-10-12-19(13-11-17)24-20(26)15-18-8-5-7-16-9-6-14-23-21(16)18/h5-14H,3-4,15H2,1-2H3,(H,24,26). The Morgan fingerprint density at radius 1 is 0.963 bits per heavy atom. The number of hydrogen-bond donors (Lipinski definition) is 1. The van der Waals surface area contributed by atoms with Crippen molar-refractivity contribution in [1.82, 2.24) is 9.88 Å². The van der Waals surface area contributed by atoms with Crippen molar-refractivity contribution in [3.63, 3.8) is 0 Å². The summed E-state index contributed by atoms with van der Waals surface area (Å²) in [5.74, 6) is -0.115. The van der Waals surface area contributed by atoms with Gasteiger partial charge in [0.25, 0.3) is 5.91 Å². The summed E-state index contributed by atoms with van der Waals surface area (Å²) in [5.41, 5.74) is 3.02. The highest BCUT2D eigenvalue weighted by molar-refractivity contribution is 5.97. The number of hydrogen-bond acceptors (Lipinski definition) is 3. The SMILES string of the molecule is CCN(CC)C(=O)c1ccc(NC(=O)Cc2cccc3cccnc23)cc1. The number of aromatic nitrogens is 1. The van der Waals surface area contributed by atoms with E-state index in [1.54, 1.807) is 35.4 Å². The molecule has 1 heterocycles. The molecule has 3 aromatic rings. The molecule has 3 rings (SSSR count). The molecule has 0 fully saturated rings. The zero-order valence-corrected chi connectivity index (χ0v) is 15.6. The number of carbonyl (C=O) groups is 2. The van der Waals surface area contributed by atoms with Crippen molar-refractivity contribution in [2.24, 2.45) is 0 Å². The number of rotatable bonds is 6. The molecule has 1 aromatic heterocycles. The number of benzene rings is 2. The van der Waals surface area contributed by atoms with Crippen LogP contribution < -0.4 is 5.32 Å². The summed E-state index contributed by atoms with van der Waals surface area (Å²) in [7, 11) is 0. The van der Waals surface area contributed by atoms with Gasteiger partial charge in [0.15, 0.2) is 0 Å². The highest BCUT2D eigenvalue weighted by Crippen LogP contribution is 2.17. The molecule has 0 aliphatic rings. The molecule has 5 heteroatoms. The van der Waals surface area contributed by atoms with Gasteiger partial charge in [-0.05, 0) is 49.7 Å². The number of amides is 2. The summed E-state index contributed by atoms with van der Waals surface area (Å²) in [6, 6.07) is 16.7. The minimum atomic E-state index is -0.115. The first kappa shape index (κ1) is 18.6. The second-order valence-corrected chi connectivity index (χ2v) is 6.27. The number of carbonyl (C=O) groups excluding carboxylic acids is 2. The maximum Gasteiger partial charge on any atom is 0.253 e. The quantitative estimate of drug-likeness (QED) is 0.724. The molecule has 27 heavy (non-hydrogen) atoms. The zero-order valence-electron chi connectivity index (χ0n) is 15.6. The second-order valence-electron chi connectivity index (χ2n) is 6.27. The van der Waals surface area contributed by atoms with Crippen molar-refractivity contribution in [3.05, 3.63) is 71.9 Å². The van der Waals surface area contributed by atoms with Crippen LogP contribution in [0.1, 0.15) is 29.8 Å². The molecule has 138 valence electrons.